The fraction of sp³-hybridized carbons (Fsp3) is 0.417. The van der Waals surface area contributed by atoms with Crippen molar-refractivity contribution in [1.82, 2.24) is 19.7 Å². The molecule has 0 unspecified atom stereocenters. The van der Waals surface area contributed by atoms with Crippen molar-refractivity contribution in [1.29, 1.82) is 0 Å². The fourth-order valence-corrected chi connectivity index (χ4v) is 2.07. The highest BCUT2D eigenvalue weighted by atomic mass is 16.5. The first-order valence-electron chi connectivity index (χ1n) is 6.08. The maximum atomic E-state index is 5.36. The van der Waals surface area contributed by atoms with Crippen molar-refractivity contribution in [2.75, 3.05) is 18.5 Å². The Kier molecular flexibility index (Phi) is 3.18. The number of nitrogens with zero attached hydrogens (tertiary/aromatic N) is 4. The van der Waals surface area contributed by atoms with E-state index in [4.69, 9.17) is 4.74 Å². The Hall–Kier alpha value is -1.95. The molecular weight excluding hydrogens is 230 g/mol. The monoisotopic (exact) mass is 245 g/mol. The molecule has 1 N–H and O–H groups in total. The minimum absolute atomic E-state index is 0.435. The highest BCUT2D eigenvalue weighted by molar-refractivity contribution is 5.56. The van der Waals surface area contributed by atoms with Crippen LogP contribution in [0.1, 0.15) is 12.8 Å². The third-order valence-electron chi connectivity index (χ3n) is 3.00. The predicted octanol–water partition coefficient (Wildman–Crippen LogP) is 1.25. The Morgan fingerprint density at radius 3 is 3.00 bits per heavy atom. The Morgan fingerprint density at radius 2 is 2.22 bits per heavy atom. The van der Waals surface area contributed by atoms with Crippen LogP contribution in [0.5, 0.6) is 0 Å². The van der Waals surface area contributed by atoms with Gasteiger partial charge in [0.15, 0.2) is 5.82 Å². The third kappa shape index (κ3) is 2.33. The Balaban J connectivity index is 1.83. The summed E-state index contributed by atoms with van der Waals surface area (Å²) in [6, 6.07) is 4.37. The third-order valence-corrected chi connectivity index (χ3v) is 3.00. The van der Waals surface area contributed by atoms with Crippen molar-refractivity contribution in [3.63, 3.8) is 0 Å². The lowest BCUT2D eigenvalue weighted by Crippen LogP contribution is -2.28. The first-order valence-corrected chi connectivity index (χ1v) is 6.08. The van der Waals surface area contributed by atoms with E-state index in [2.05, 4.69) is 20.4 Å². The highest BCUT2D eigenvalue weighted by Gasteiger charge is 2.15. The molecule has 0 spiro atoms. The van der Waals surface area contributed by atoms with Crippen molar-refractivity contribution < 1.29 is 4.74 Å². The molecule has 1 aliphatic rings. The van der Waals surface area contributed by atoms with Gasteiger partial charge in [-0.05, 0) is 25.0 Å². The van der Waals surface area contributed by atoms with Crippen molar-refractivity contribution >= 4 is 5.69 Å². The van der Waals surface area contributed by atoms with Crippen LogP contribution in [0.15, 0.2) is 31.0 Å². The van der Waals surface area contributed by atoms with Gasteiger partial charge < -0.3 is 10.1 Å². The van der Waals surface area contributed by atoms with Crippen LogP contribution in [0.25, 0.3) is 5.82 Å². The molecule has 3 rings (SSSR count). The van der Waals surface area contributed by atoms with E-state index in [1.165, 1.54) is 6.33 Å². The summed E-state index contributed by atoms with van der Waals surface area (Å²) in [6.45, 7) is 1.63. The molecule has 1 fully saturated rings. The van der Waals surface area contributed by atoms with E-state index in [1.54, 1.807) is 17.2 Å². The van der Waals surface area contributed by atoms with E-state index in [9.17, 15) is 0 Å². The molecule has 6 heteroatoms. The molecule has 1 aliphatic heterocycles. The van der Waals surface area contributed by atoms with Gasteiger partial charge in [-0.25, -0.2) is 14.6 Å². The molecule has 0 aromatic carbocycles. The molecule has 6 nitrogen and oxygen atoms in total. The highest BCUT2D eigenvalue weighted by Crippen LogP contribution is 2.20. The van der Waals surface area contributed by atoms with E-state index in [-0.39, 0.29) is 0 Å². The van der Waals surface area contributed by atoms with Gasteiger partial charge in [0.2, 0.25) is 0 Å². The second-order valence-corrected chi connectivity index (χ2v) is 4.25. The summed E-state index contributed by atoms with van der Waals surface area (Å²) >= 11 is 0. The summed E-state index contributed by atoms with van der Waals surface area (Å²) in [5.41, 5.74) is 0.981. The van der Waals surface area contributed by atoms with E-state index in [0.29, 0.717) is 6.04 Å². The molecule has 0 saturated carbocycles. The van der Waals surface area contributed by atoms with Crippen molar-refractivity contribution in [2.45, 2.75) is 18.9 Å². The van der Waals surface area contributed by atoms with Gasteiger partial charge in [0.05, 0.1) is 5.69 Å². The molecule has 94 valence electrons. The molecule has 0 atom stereocenters. The normalized spacial score (nSPS) is 16.7. The first kappa shape index (κ1) is 11.2. The van der Waals surface area contributed by atoms with E-state index < -0.39 is 0 Å². The van der Waals surface area contributed by atoms with Crippen LogP contribution in [0.3, 0.4) is 0 Å². The lowest BCUT2D eigenvalue weighted by molar-refractivity contribution is 0.0904. The summed E-state index contributed by atoms with van der Waals surface area (Å²) in [5.74, 6) is 0.779. The van der Waals surface area contributed by atoms with Gasteiger partial charge in [0, 0.05) is 25.5 Å². The average molecular weight is 245 g/mol. The standard InChI is InChI=1S/C12H15N5O/c1-2-11(16-10-3-6-18-7-4-10)12(14-5-1)17-9-13-8-15-17/h1-2,5,8-10,16H,3-4,6-7H2. The molecule has 0 aliphatic carbocycles. The topological polar surface area (TPSA) is 64.9 Å². The zero-order valence-corrected chi connectivity index (χ0v) is 9.99. The van der Waals surface area contributed by atoms with Crippen LogP contribution < -0.4 is 5.32 Å². The van der Waals surface area contributed by atoms with Crippen LogP contribution in [0, 0.1) is 0 Å². The summed E-state index contributed by atoms with van der Waals surface area (Å²) in [5, 5.41) is 7.63. The van der Waals surface area contributed by atoms with Crippen LogP contribution >= 0.6 is 0 Å². The van der Waals surface area contributed by atoms with E-state index >= 15 is 0 Å². The second-order valence-electron chi connectivity index (χ2n) is 4.25. The molecule has 0 amide bonds. The number of nitrogens with one attached hydrogen (secondary N) is 1. The van der Waals surface area contributed by atoms with Gasteiger partial charge in [-0.3, -0.25) is 0 Å². The number of hydrogen-bond donors (Lipinski definition) is 1. The lowest BCUT2D eigenvalue weighted by atomic mass is 10.1. The summed E-state index contributed by atoms with van der Waals surface area (Å²) in [4.78, 5) is 8.30. The quantitative estimate of drug-likeness (QED) is 0.881. The average Bonchev–Trinajstić information content (AvgIpc) is 2.94. The van der Waals surface area contributed by atoms with Crippen LogP contribution in [-0.4, -0.2) is 39.0 Å². The first-order chi connectivity index (χ1) is 8.93. The number of aromatic nitrogens is 4. The Bertz CT molecular complexity index is 493. The summed E-state index contributed by atoms with van der Waals surface area (Å²) in [7, 11) is 0. The number of ether oxygens (including phenoxy) is 1. The Morgan fingerprint density at radius 1 is 1.33 bits per heavy atom. The van der Waals surface area contributed by atoms with Gasteiger partial charge >= 0.3 is 0 Å². The molecule has 2 aromatic rings. The van der Waals surface area contributed by atoms with E-state index in [1.807, 2.05) is 12.1 Å². The zero-order valence-electron chi connectivity index (χ0n) is 9.99. The number of anilines is 1. The number of rotatable bonds is 3. The SMILES string of the molecule is c1cnc(-n2cncn2)c(NC2CCOCC2)c1. The van der Waals surface area contributed by atoms with Gasteiger partial charge in [0.1, 0.15) is 12.7 Å². The lowest BCUT2D eigenvalue weighted by Gasteiger charge is -2.24. The summed E-state index contributed by atoms with van der Waals surface area (Å²) < 4.78 is 7.03. The maximum Gasteiger partial charge on any atom is 0.178 e. The predicted molar refractivity (Wildman–Crippen MR) is 66.6 cm³/mol. The molecule has 18 heavy (non-hydrogen) atoms. The molecule has 3 heterocycles. The minimum Gasteiger partial charge on any atom is -0.381 e. The van der Waals surface area contributed by atoms with E-state index in [0.717, 1.165) is 37.6 Å². The maximum absolute atomic E-state index is 5.36. The molecule has 0 bridgehead atoms. The van der Waals surface area contributed by atoms with Crippen LogP contribution in [0.2, 0.25) is 0 Å². The second kappa shape index (κ2) is 5.14. The molecular formula is C12H15N5O. The molecule has 0 radical (unpaired) electrons. The van der Waals surface area contributed by atoms with Gasteiger partial charge in [-0.1, -0.05) is 0 Å². The van der Waals surface area contributed by atoms with Gasteiger partial charge in [-0.15, -0.1) is 0 Å². The van der Waals surface area contributed by atoms with Crippen molar-refractivity contribution in [3.05, 3.63) is 31.0 Å². The largest absolute Gasteiger partial charge is 0.381 e. The molecule has 2 aromatic heterocycles. The van der Waals surface area contributed by atoms with Crippen LogP contribution in [-0.2, 0) is 4.74 Å². The summed E-state index contributed by atoms with van der Waals surface area (Å²) in [6.07, 6.45) is 6.95. The number of pyridine rings is 1. The van der Waals surface area contributed by atoms with Crippen molar-refractivity contribution in [3.8, 4) is 5.82 Å². The van der Waals surface area contributed by atoms with Crippen molar-refractivity contribution in [2.24, 2.45) is 0 Å². The van der Waals surface area contributed by atoms with Gasteiger partial charge in [0.25, 0.3) is 0 Å². The number of hydrogen-bond acceptors (Lipinski definition) is 5. The Labute approximate surface area is 105 Å². The minimum atomic E-state index is 0.435. The van der Waals surface area contributed by atoms with Crippen LogP contribution in [0.4, 0.5) is 5.69 Å². The van der Waals surface area contributed by atoms with Gasteiger partial charge in [-0.2, -0.15) is 5.10 Å². The smallest absolute Gasteiger partial charge is 0.178 e. The zero-order chi connectivity index (χ0) is 12.2. The fourth-order valence-electron chi connectivity index (χ4n) is 2.07. The molecule has 1 saturated heterocycles.